The summed E-state index contributed by atoms with van der Waals surface area (Å²) >= 11 is 0. The van der Waals surface area contributed by atoms with E-state index in [2.05, 4.69) is 15.0 Å². The Bertz CT molecular complexity index is 665. The third-order valence-electron chi connectivity index (χ3n) is 2.45. The minimum absolute atomic E-state index is 0.202. The van der Waals surface area contributed by atoms with Gasteiger partial charge in [-0.25, -0.2) is 13.1 Å². The van der Waals surface area contributed by atoms with Crippen LogP contribution in [0.15, 0.2) is 69.7 Å². The van der Waals surface area contributed by atoms with E-state index in [-0.39, 0.29) is 4.90 Å². The minimum Gasteiger partial charge on any atom is -0.214 e. The molecule has 2 aromatic rings. The zero-order valence-corrected chi connectivity index (χ0v) is 11.1. The maximum absolute atomic E-state index is 11.5. The molecule has 0 unspecified atom stereocenters. The van der Waals surface area contributed by atoms with Gasteiger partial charge in [-0.05, 0) is 43.4 Å². The highest BCUT2D eigenvalue weighted by Gasteiger charge is 2.09. The molecule has 1 N–H and O–H groups in total. The van der Waals surface area contributed by atoms with Crippen molar-refractivity contribution >= 4 is 21.4 Å². The Morgan fingerprint density at radius 1 is 0.842 bits per heavy atom. The number of sulfonamides is 1. The lowest BCUT2D eigenvalue weighted by molar-refractivity contribution is 0.588. The van der Waals surface area contributed by atoms with Crippen LogP contribution in [0.25, 0.3) is 0 Å². The van der Waals surface area contributed by atoms with Crippen LogP contribution in [0.4, 0.5) is 11.4 Å². The highest BCUT2D eigenvalue weighted by Crippen LogP contribution is 2.19. The predicted molar refractivity (Wildman–Crippen MR) is 73.3 cm³/mol. The molecule has 2 rings (SSSR count). The second-order valence-corrected chi connectivity index (χ2v) is 5.62. The number of hydrogen-bond acceptors (Lipinski definition) is 4. The van der Waals surface area contributed by atoms with Gasteiger partial charge in [0.1, 0.15) is 0 Å². The Morgan fingerprint density at radius 2 is 1.37 bits per heavy atom. The molecule has 2 aromatic carbocycles. The van der Waals surface area contributed by atoms with Crippen molar-refractivity contribution < 1.29 is 8.42 Å². The molecule has 98 valence electrons. The third kappa shape index (κ3) is 3.46. The van der Waals surface area contributed by atoms with Gasteiger partial charge < -0.3 is 0 Å². The molecule has 19 heavy (non-hydrogen) atoms. The smallest absolute Gasteiger partial charge is 0.214 e. The summed E-state index contributed by atoms with van der Waals surface area (Å²) in [4.78, 5) is 0.202. The van der Waals surface area contributed by atoms with Crippen molar-refractivity contribution in [3.05, 3.63) is 54.6 Å². The SMILES string of the molecule is CNS(=O)(=O)c1ccc(/N=N/c2ccccc2)cc1. The first-order valence-electron chi connectivity index (χ1n) is 5.62. The van der Waals surface area contributed by atoms with E-state index in [4.69, 9.17) is 0 Å². The van der Waals surface area contributed by atoms with Gasteiger partial charge >= 0.3 is 0 Å². The van der Waals surface area contributed by atoms with Gasteiger partial charge in [-0.15, -0.1) is 0 Å². The Morgan fingerprint density at radius 3 is 1.89 bits per heavy atom. The largest absolute Gasteiger partial charge is 0.240 e. The van der Waals surface area contributed by atoms with Gasteiger partial charge in [0, 0.05) is 0 Å². The molecule has 0 saturated heterocycles. The standard InChI is InChI=1S/C13H13N3O2S/c1-14-19(17,18)13-9-7-12(8-10-13)16-15-11-5-3-2-4-6-11/h2-10,14H,1H3/b16-15+. The quantitative estimate of drug-likeness (QED) is 0.871. The van der Waals surface area contributed by atoms with Crippen LogP contribution >= 0.6 is 0 Å². The van der Waals surface area contributed by atoms with E-state index in [0.29, 0.717) is 5.69 Å². The average molecular weight is 275 g/mol. The lowest BCUT2D eigenvalue weighted by Crippen LogP contribution is -2.18. The number of rotatable bonds is 4. The fourth-order valence-corrected chi connectivity index (χ4v) is 2.15. The fourth-order valence-electron chi connectivity index (χ4n) is 1.42. The Hall–Kier alpha value is -2.05. The van der Waals surface area contributed by atoms with E-state index >= 15 is 0 Å². The summed E-state index contributed by atoms with van der Waals surface area (Å²) in [5.41, 5.74) is 1.34. The molecule has 0 heterocycles. The second-order valence-electron chi connectivity index (χ2n) is 3.74. The van der Waals surface area contributed by atoms with E-state index in [1.54, 1.807) is 12.1 Å². The number of nitrogens with zero attached hydrogens (tertiary/aromatic N) is 2. The summed E-state index contributed by atoms with van der Waals surface area (Å²) in [5, 5.41) is 8.08. The van der Waals surface area contributed by atoms with E-state index in [1.807, 2.05) is 30.3 Å². The normalized spacial score (nSPS) is 11.8. The van der Waals surface area contributed by atoms with Crippen LogP contribution in [0.3, 0.4) is 0 Å². The topological polar surface area (TPSA) is 70.9 Å². The first kappa shape index (κ1) is 13.4. The zero-order chi connectivity index (χ0) is 13.7. The molecule has 0 aliphatic carbocycles. The molecule has 0 aliphatic rings. The summed E-state index contributed by atoms with van der Waals surface area (Å²) in [5.74, 6) is 0. The Balaban J connectivity index is 2.18. The maximum Gasteiger partial charge on any atom is 0.240 e. The van der Waals surface area contributed by atoms with Crippen molar-refractivity contribution in [2.75, 3.05) is 7.05 Å². The van der Waals surface area contributed by atoms with Crippen molar-refractivity contribution in [1.29, 1.82) is 0 Å². The van der Waals surface area contributed by atoms with Crippen molar-refractivity contribution in [2.45, 2.75) is 4.90 Å². The first-order valence-corrected chi connectivity index (χ1v) is 7.10. The van der Waals surface area contributed by atoms with Crippen LogP contribution in [-0.2, 0) is 10.0 Å². The summed E-state index contributed by atoms with van der Waals surface area (Å²) < 4.78 is 25.3. The van der Waals surface area contributed by atoms with Gasteiger partial charge in [-0.2, -0.15) is 10.2 Å². The first-order chi connectivity index (χ1) is 9.12. The summed E-state index contributed by atoms with van der Waals surface area (Å²) in [6, 6.07) is 15.5. The summed E-state index contributed by atoms with van der Waals surface area (Å²) in [7, 11) is -2.03. The van der Waals surface area contributed by atoms with Crippen molar-refractivity contribution in [1.82, 2.24) is 4.72 Å². The van der Waals surface area contributed by atoms with Crippen molar-refractivity contribution in [3.63, 3.8) is 0 Å². The van der Waals surface area contributed by atoms with Crippen LogP contribution in [-0.4, -0.2) is 15.5 Å². The number of benzene rings is 2. The van der Waals surface area contributed by atoms with Crippen molar-refractivity contribution in [3.8, 4) is 0 Å². The third-order valence-corrected chi connectivity index (χ3v) is 3.88. The molecule has 0 spiro atoms. The molecule has 0 aromatic heterocycles. The van der Waals surface area contributed by atoms with Crippen LogP contribution in [0.5, 0.6) is 0 Å². The molecule has 0 saturated carbocycles. The van der Waals surface area contributed by atoms with E-state index in [1.165, 1.54) is 19.2 Å². The molecular formula is C13H13N3O2S. The monoisotopic (exact) mass is 275 g/mol. The van der Waals surface area contributed by atoms with Gasteiger partial charge in [0.25, 0.3) is 0 Å². The van der Waals surface area contributed by atoms with E-state index in [0.717, 1.165) is 5.69 Å². The Labute approximate surface area is 112 Å². The van der Waals surface area contributed by atoms with Gasteiger partial charge in [0.2, 0.25) is 10.0 Å². The molecular weight excluding hydrogens is 262 g/mol. The van der Waals surface area contributed by atoms with Crippen LogP contribution < -0.4 is 4.72 Å². The Kier molecular flexibility index (Phi) is 4.03. The van der Waals surface area contributed by atoms with Gasteiger partial charge in [0.15, 0.2) is 0 Å². The van der Waals surface area contributed by atoms with E-state index in [9.17, 15) is 8.42 Å². The molecule has 0 aliphatic heterocycles. The van der Waals surface area contributed by atoms with Gasteiger partial charge in [-0.3, -0.25) is 0 Å². The van der Waals surface area contributed by atoms with Gasteiger partial charge in [-0.1, -0.05) is 18.2 Å². The molecule has 0 bridgehead atoms. The number of nitrogens with one attached hydrogen (secondary N) is 1. The lowest BCUT2D eigenvalue weighted by atomic mass is 10.3. The highest BCUT2D eigenvalue weighted by atomic mass is 32.2. The summed E-state index contributed by atoms with van der Waals surface area (Å²) in [6.07, 6.45) is 0. The minimum atomic E-state index is -3.40. The molecule has 6 heteroatoms. The number of hydrogen-bond donors (Lipinski definition) is 1. The average Bonchev–Trinajstić information content (AvgIpc) is 2.47. The zero-order valence-electron chi connectivity index (χ0n) is 10.3. The fraction of sp³-hybridized carbons (Fsp3) is 0.0769. The second kappa shape index (κ2) is 5.73. The molecule has 5 nitrogen and oxygen atoms in total. The number of azo groups is 1. The molecule has 0 radical (unpaired) electrons. The summed E-state index contributed by atoms with van der Waals surface area (Å²) in [6.45, 7) is 0. The molecule has 0 amide bonds. The van der Waals surface area contributed by atoms with Crippen LogP contribution in [0, 0.1) is 0 Å². The molecule has 0 atom stereocenters. The predicted octanol–water partition coefficient (Wildman–Crippen LogP) is 3.01. The van der Waals surface area contributed by atoms with Crippen molar-refractivity contribution in [2.24, 2.45) is 10.2 Å². The van der Waals surface area contributed by atoms with E-state index < -0.39 is 10.0 Å². The lowest BCUT2D eigenvalue weighted by Gasteiger charge is -2.01. The molecule has 0 fully saturated rings. The maximum atomic E-state index is 11.5. The van der Waals surface area contributed by atoms with Crippen LogP contribution in [0.1, 0.15) is 0 Å². The van der Waals surface area contributed by atoms with Gasteiger partial charge in [0.05, 0.1) is 16.3 Å². The highest BCUT2D eigenvalue weighted by molar-refractivity contribution is 7.89. The van der Waals surface area contributed by atoms with Crippen LogP contribution in [0.2, 0.25) is 0 Å².